The molecule has 0 saturated carbocycles. The minimum Gasteiger partial charge on any atom is -0.480 e. The van der Waals surface area contributed by atoms with Crippen LogP contribution in [0.15, 0.2) is 24.3 Å². The number of carboxylic acids is 1. The molecule has 0 amide bonds. The topological polar surface area (TPSA) is 119 Å². The molecular weight excluding hydrogens is 292 g/mol. The van der Waals surface area contributed by atoms with Gasteiger partial charge < -0.3 is 9.84 Å². The maximum absolute atomic E-state index is 11.9. The zero-order valence-electron chi connectivity index (χ0n) is 12.3. The van der Waals surface area contributed by atoms with Crippen LogP contribution >= 0.6 is 0 Å². The standard InChI is InChI=1S/C14H18N2O6/c1-3-22-14(19)12(15-9(2)13(17)18)8-10-4-6-11(7-5-10)16(20)21/h4-7,9,12,15H,3,8H2,1-2H3,(H,17,18)/t9-,12+/m1/s1. The van der Waals surface area contributed by atoms with Crippen LogP contribution < -0.4 is 5.32 Å². The van der Waals surface area contributed by atoms with Gasteiger partial charge in [0.1, 0.15) is 12.1 Å². The lowest BCUT2D eigenvalue weighted by Crippen LogP contribution is -2.47. The quantitative estimate of drug-likeness (QED) is 0.419. The summed E-state index contributed by atoms with van der Waals surface area (Å²) in [5, 5.41) is 22.2. The van der Waals surface area contributed by atoms with Crippen LogP contribution in [0.2, 0.25) is 0 Å². The van der Waals surface area contributed by atoms with Gasteiger partial charge in [-0.3, -0.25) is 25.0 Å². The van der Waals surface area contributed by atoms with Gasteiger partial charge >= 0.3 is 11.9 Å². The van der Waals surface area contributed by atoms with E-state index in [0.29, 0.717) is 5.56 Å². The Morgan fingerprint density at radius 1 is 1.36 bits per heavy atom. The van der Waals surface area contributed by atoms with Gasteiger partial charge in [0.25, 0.3) is 5.69 Å². The number of rotatable bonds is 8. The monoisotopic (exact) mass is 310 g/mol. The molecule has 0 radical (unpaired) electrons. The maximum Gasteiger partial charge on any atom is 0.323 e. The van der Waals surface area contributed by atoms with E-state index in [1.165, 1.54) is 31.2 Å². The molecule has 0 aliphatic heterocycles. The van der Waals surface area contributed by atoms with Crippen LogP contribution in [0.1, 0.15) is 19.4 Å². The molecule has 0 aliphatic carbocycles. The van der Waals surface area contributed by atoms with E-state index in [1.807, 2.05) is 0 Å². The van der Waals surface area contributed by atoms with Gasteiger partial charge in [-0.25, -0.2) is 0 Å². The van der Waals surface area contributed by atoms with Gasteiger partial charge in [-0.1, -0.05) is 12.1 Å². The molecule has 0 aromatic heterocycles. The van der Waals surface area contributed by atoms with Gasteiger partial charge in [0.2, 0.25) is 0 Å². The summed E-state index contributed by atoms with van der Waals surface area (Å²) >= 11 is 0. The lowest BCUT2D eigenvalue weighted by molar-refractivity contribution is -0.384. The Labute approximate surface area is 127 Å². The predicted molar refractivity (Wildman–Crippen MR) is 77.5 cm³/mol. The van der Waals surface area contributed by atoms with Crippen LogP contribution in [0.3, 0.4) is 0 Å². The third-order valence-corrected chi connectivity index (χ3v) is 2.98. The van der Waals surface area contributed by atoms with E-state index < -0.39 is 28.9 Å². The molecule has 0 bridgehead atoms. The molecule has 2 N–H and O–H groups in total. The number of nitrogens with one attached hydrogen (secondary N) is 1. The Bertz CT molecular complexity index is 543. The van der Waals surface area contributed by atoms with Crippen molar-refractivity contribution in [1.29, 1.82) is 0 Å². The molecule has 0 saturated heterocycles. The van der Waals surface area contributed by atoms with E-state index in [0.717, 1.165) is 0 Å². The van der Waals surface area contributed by atoms with Gasteiger partial charge in [-0.2, -0.15) is 0 Å². The van der Waals surface area contributed by atoms with Crippen LogP contribution in [0.25, 0.3) is 0 Å². The molecule has 1 aromatic carbocycles. The molecule has 1 aromatic rings. The molecule has 0 unspecified atom stereocenters. The number of non-ortho nitro benzene ring substituents is 1. The van der Waals surface area contributed by atoms with Crippen molar-refractivity contribution in [2.24, 2.45) is 0 Å². The number of carbonyl (C=O) groups is 2. The summed E-state index contributed by atoms with van der Waals surface area (Å²) in [5.74, 6) is -1.65. The normalized spacial score (nSPS) is 13.2. The number of carbonyl (C=O) groups excluding carboxylic acids is 1. The van der Waals surface area contributed by atoms with Crippen LogP contribution in [0.4, 0.5) is 5.69 Å². The molecule has 22 heavy (non-hydrogen) atoms. The van der Waals surface area contributed by atoms with E-state index >= 15 is 0 Å². The molecule has 8 nitrogen and oxygen atoms in total. The summed E-state index contributed by atoms with van der Waals surface area (Å²) in [6.45, 7) is 3.25. The number of nitrogens with zero attached hydrogens (tertiary/aromatic N) is 1. The Kier molecular flexibility index (Phi) is 6.46. The number of hydrogen-bond acceptors (Lipinski definition) is 6. The number of nitro groups is 1. The second kappa shape index (κ2) is 8.08. The summed E-state index contributed by atoms with van der Waals surface area (Å²) < 4.78 is 4.92. The number of benzene rings is 1. The van der Waals surface area contributed by atoms with Gasteiger partial charge in [0, 0.05) is 12.1 Å². The summed E-state index contributed by atoms with van der Waals surface area (Å²) in [7, 11) is 0. The predicted octanol–water partition coefficient (Wildman–Crippen LogP) is 1.13. The first kappa shape index (κ1) is 17.6. The summed E-state index contributed by atoms with van der Waals surface area (Å²) in [5.41, 5.74) is 0.608. The van der Waals surface area contributed by atoms with Crippen molar-refractivity contribution in [3.8, 4) is 0 Å². The second-order valence-electron chi connectivity index (χ2n) is 4.66. The van der Waals surface area contributed by atoms with Crippen molar-refractivity contribution in [3.05, 3.63) is 39.9 Å². The Balaban J connectivity index is 2.84. The van der Waals surface area contributed by atoms with Crippen molar-refractivity contribution in [2.45, 2.75) is 32.4 Å². The van der Waals surface area contributed by atoms with E-state index in [9.17, 15) is 19.7 Å². The fourth-order valence-corrected chi connectivity index (χ4v) is 1.82. The third kappa shape index (κ3) is 5.13. The molecule has 120 valence electrons. The largest absolute Gasteiger partial charge is 0.480 e. The van der Waals surface area contributed by atoms with Gasteiger partial charge in [-0.05, 0) is 25.8 Å². The molecule has 0 fully saturated rings. The number of carboxylic acid groups (broad SMARTS) is 1. The average molecular weight is 310 g/mol. The summed E-state index contributed by atoms with van der Waals surface area (Å²) in [4.78, 5) is 32.9. The number of aliphatic carboxylic acids is 1. The molecule has 8 heteroatoms. The first-order chi connectivity index (χ1) is 10.3. The first-order valence-electron chi connectivity index (χ1n) is 6.74. The fraction of sp³-hybridized carbons (Fsp3) is 0.429. The molecule has 1 rings (SSSR count). The third-order valence-electron chi connectivity index (χ3n) is 2.98. The van der Waals surface area contributed by atoms with Crippen molar-refractivity contribution in [1.82, 2.24) is 5.32 Å². The van der Waals surface area contributed by atoms with E-state index in [2.05, 4.69) is 5.32 Å². The van der Waals surface area contributed by atoms with Crippen molar-refractivity contribution < 1.29 is 24.4 Å². The highest BCUT2D eigenvalue weighted by atomic mass is 16.6. The molecule has 0 spiro atoms. The minimum atomic E-state index is -1.09. The zero-order chi connectivity index (χ0) is 16.7. The number of ether oxygens (including phenoxy) is 1. The highest BCUT2D eigenvalue weighted by Crippen LogP contribution is 2.14. The fourth-order valence-electron chi connectivity index (χ4n) is 1.82. The molecule has 2 atom stereocenters. The highest BCUT2D eigenvalue weighted by Gasteiger charge is 2.24. The number of hydrogen-bond donors (Lipinski definition) is 2. The van der Waals surface area contributed by atoms with E-state index in [1.54, 1.807) is 6.92 Å². The summed E-state index contributed by atoms with van der Waals surface area (Å²) in [6.07, 6.45) is 0.175. The van der Waals surface area contributed by atoms with Crippen molar-refractivity contribution in [3.63, 3.8) is 0 Å². The molecule has 0 heterocycles. The number of esters is 1. The minimum absolute atomic E-state index is 0.0525. The van der Waals surface area contributed by atoms with Gasteiger partial charge in [0.15, 0.2) is 0 Å². The van der Waals surface area contributed by atoms with Gasteiger partial charge in [0.05, 0.1) is 11.5 Å². The average Bonchev–Trinajstić information content (AvgIpc) is 2.47. The Morgan fingerprint density at radius 2 is 1.95 bits per heavy atom. The van der Waals surface area contributed by atoms with Crippen LogP contribution in [0.5, 0.6) is 0 Å². The smallest absolute Gasteiger partial charge is 0.323 e. The second-order valence-corrected chi connectivity index (χ2v) is 4.66. The number of nitro benzene ring substituents is 1. The van der Waals surface area contributed by atoms with Crippen LogP contribution in [0, 0.1) is 10.1 Å². The SMILES string of the molecule is CCOC(=O)[C@H](Cc1ccc([N+](=O)[O-])cc1)N[C@H](C)C(=O)O. The van der Waals surface area contributed by atoms with Crippen molar-refractivity contribution >= 4 is 17.6 Å². The zero-order valence-corrected chi connectivity index (χ0v) is 12.3. The lowest BCUT2D eigenvalue weighted by Gasteiger charge is -2.19. The van der Waals surface area contributed by atoms with Crippen LogP contribution in [-0.2, 0) is 20.7 Å². The first-order valence-corrected chi connectivity index (χ1v) is 6.74. The maximum atomic E-state index is 11.9. The Morgan fingerprint density at radius 3 is 2.41 bits per heavy atom. The molecule has 0 aliphatic rings. The van der Waals surface area contributed by atoms with E-state index in [-0.39, 0.29) is 18.7 Å². The summed E-state index contributed by atoms with van der Waals surface area (Å²) in [6, 6.07) is 3.95. The van der Waals surface area contributed by atoms with Crippen LogP contribution in [-0.4, -0.2) is 40.7 Å². The molecular formula is C14H18N2O6. The lowest BCUT2D eigenvalue weighted by atomic mass is 10.0. The van der Waals surface area contributed by atoms with Gasteiger partial charge in [-0.15, -0.1) is 0 Å². The van der Waals surface area contributed by atoms with Crippen molar-refractivity contribution in [2.75, 3.05) is 6.61 Å². The van der Waals surface area contributed by atoms with E-state index in [4.69, 9.17) is 9.84 Å². The Hall–Kier alpha value is -2.48. The highest BCUT2D eigenvalue weighted by molar-refractivity contribution is 5.78.